The summed E-state index contributed by atoms with van der Waals surface area (Å²) in [4.78, 5) is 52.0. The summed E-state index contributed by atoms with van der Waals surface area (Å²) in [5.41, 5.74) is 2.50. The SMILES string of the molecule is COC(=O)C1Cc2ccccc2C(=O)N1c1ccc(C[C@H](CC(=O)c2c(Cl)cccc2Cl)C(=O)O)cc1. The molecule has 3 aromatic carbocycles. The van der Waals surface area contributed by atoms with Gasteiger partial charge in [-0.2, -0.15) is 0 Å². The fourth-order valence-electron chi connectivity index (χ4n) is 4.51. The van der Waals surface area contributed by atoms with Crippen molar-refractivity contribution in [1.82, 2.24) is 0 Å². The van der Waals surface area contributed by atoms with Crippen molar-refractivity contribution in [1.29, 1.82) is 0 Å². The maximum atomic E-state index is 13.3. The van der Waals surface area contributed by atoms with E-state index in [2.05, 4.69) is 0 Å². The topological polar surface area (TPSA) is 101 Å². The summed E-state index contributed by atoms with van der Waals surface area (Å²) in [6, 6.07) is 17.6. The summed E-state index contributed by atoms with van der Waals surface area (Å²) in [6.45, 7) is 0. The number of nitrogens with zero attached hydrogens (tertiary/aromatic N) is 1. The number of esters is 1. The monoisotopic (exact) mass is 539 g/mol. The zero-order valence-corrected chi connectivity index (χ0v) is 21.3. The Kier molecular flexibility index (Phi) is 7.95. The van der Waals surface area contributed by atoms with Gasteiger partial charge in [-0.25, -0.2) is 4.79 Å². The molecule has 0 bridgehead atoms. The molecule has 1 N–H and O–H groups in total. The molecule has 1 aliphatic rings. The van der Waals surface area contributed by atoms with Gasteiger partial charge < -0.3 is 9.84 Å². The van der Waals surface area contributed by atoms with Gasteiger partial charge in [0.05, 0.1) is 28.6 Å². The first-order valence-corrected chi connectivity index (χ1v) is 12.2. The smallest absolute Gasteiger partial charge is 0.329 e. The summed E-state index contributed by atoms with van der Waals surface area (Å²) in [6.07, 6.45) is 0.0944. The molecular formula is C28H23Cl2NO6. The average molecular weight is 540 g/mol. The Morgan fingerprint density at radius 2 is 1.65 bits per heavy atom. The number of carbonyl (C=O) groups excluding carboxylic acids is 3. The minimum absolute atomic E-state index is 0.0701. The zero-order valence-electron chi connectivity index (χ0n) is 19.8. The lowest BCUT2D eigenvalue weighted by Gasteiger charge is -2.35. The van der Waals surface area contributed by atoms with Crippen LogP contribution in [0, 0.1) is 5.92 Å². The van der Waals surface area contributed by atoms with Crippen LogP contribution in [-0.4, -0.2) is 41.9 Å². The Morgan fingerprint density at radius 3 is 2.27 bits per heavy atom. The third-order valence-electron chi connectivity index (χ3n) is 6.38. The minimum Gasteiger partial charge on any atom is -0.481 e. The third-order valence-corrected chi connectivity index (χ3v) is 7.01. The predicted octanol–water partition coefficient (Wildman–Crippen LogP) is 5.25. The molecule has 0 saturated carbocycles. The minimum atomic E-state index is -1.13. The Bertz CT molecular complexity index is 1350. The number of carboxylic acids is 1. The number of anilines is 1. The molecule has 1 unspecified atom stereocenters. The molecule has 7 nitrogen and oxygen atoms in total. The fraction of sp³-hybridized carbons (Fsp3) is 0.214. The molecule has 9 heteroatoms. The molecule has 0 aliphatic carbocycles. The van der Waals surface area contributed by atoms with Gasteiger partial charge >= 0.3 is 11.9 Å². The number of halogens is 2. The number of hydrogen-bond donors (Lipinski definition) is 1. The number of carboxylic acid groups (broad SMARTS) is 1. The Morgan fingerprint density at radius 1 is 1.00 bits per heavy atom. The van der Waals surface area contributed by atoms with Gasteiger partial charge in [0.25, 0.3) is 5.91 Å². The second kappa shape index (κ2) is 11.2. The zero-order chi connectivity index (χ0) is 26.7. The van der Waals surface area contributed by atoms with Crippen LogP contribution in [0.25, 0.3) is 0 Å². The van der Waals surface area contributed by atoms with Gasteiger partial charge in [0.15, 0.2) is 5.78 Å². The molecule has 0 aromatic heterocycles. The number of amides is 1. The Hall–Kier alpha value is -3.68. The standard InChI is InChI=1S/C28H23Cl2NO6/c1-37-28(36)23-14-17-5-2-3-6-20(17)26(33)31(23)19-11-9-16(10-12-19)13-18(27(34)35)15-24(32)25-21(29)7-4-8-22(25)30/h2-12,18,23H,13-15H2,1H3,(H,34,35)/t18-,23?/m1/s1. The second-order valence-corrected chi connectivity index (χ2v) is 9.52. The van der Waals surface area contributed by atoms with Gasteiger partial charge in [-0.15, -0.1) is 0 Å². The van der Waals surface area contributed by atoms with E-state index in [0.29, 0.717) is 23.2 Å². The van der Waals surface area contributed by atoms with E-state index in [-0.39, 0.29) is 34.4 Å². The third kappa shape index (κ3) is 5.53. The molecule has 1 amide bonds. The lowest BCUT2D eigenvalue weighted by molar-refractivity contribution is -0.142. The largest absolute Gasteiger partial charge is 0.481 e. The molecule has 4 rings (SSSR count). The van der Waals surface area contributed by atoms with Gasteiger partial charge in [-0.3, -0.25) is 19.3 Å². The second-order valence-electron chi connectivity index (χ2n) is 8.71. The molecule has 2 atom stereocenters. The van der Waals surface area contributed by atoms with Crippen LogP contribution in [0.5, 0.6) is 0 Å². The quantitative estimate of drug-likeness (QED) is 0.309. The number of ketones is 1. The van der Waals surface area contributed by atoms with Crippen LogP contribution in [0.15, 0.2) is 66.7 Å². The lowest BCUT2D eigenvalue weighted by atomic mass is 9.91. The highest BCUT2D eigenvalue weighted by Gasteiger charge is 2.38. The van der Waals surface area contributed by atoms with Crippen LogP contribution in [0.2, 0.25) is 10.0 Å². The number of ether oxygens (including phenoxy) is 1. The number of methoxy groups -OCH3 is 1. The maximum absolute atomic E-state index is 13.3. The van der Waals surface area contributed by atoms with Crippen LogP contribution in [-0.2, 0) is 27.2 Å². The van der Waals surface area contributed by atoms with Crippen molar-refractivity contribution in [3.05, 3.63) is 99.0 Å². The number of hydrogen-bond acceptors (Lipinski definition) is 5. The van der Waals surface area contributed by atoms with Crippen LogP contribution in [0.3, 0.4) is 0 Å². The molecule has 0 radical (unpaired) electrons. The van der Waals surface area contributed by atoms with E-state index in [9.17, 15) is 24.3 Å². The summed E-state index contributed by atoms with van der Waals surface area (Å²) in [5, 5.41) is 10.1. The van der Waals surface area contributed by atoms with E-state index in [1.54, 1.807) is 42.5 Å². The van der Waals surface area contributed by atoms with Crippen molar-refractivity contribution >= 4 is 52.5 Å². The average Bonchev–Trinajstić information content (AvgIpc) is 2.88. The van der Waals surface area contributed by atoms with Crippen molar-refractivity contribution in [3.63, 3.8) is 0 Å². The van der Waals surface area contributed by atoms with Crippen molar-refractivity contribution in [3.8, 4) is 0 Å². The first kappa shape index (κ1) is 26.4. The lowest BCUT2D eigenvalue weighted by Crippen LogP contribution is -2.50. The predicted molar refractivity (Wildman–Crippen MR) is 139 cm³/mol. The van der Waals surface area contributed by atoms with Crippen LogP contribution >= 0.6 is 23.2 Å². The number of benzene rings is 3. The van der Waals surface area contributed by atoms with Gasteiger partial charge in [0, 0.05) is 24.1 Å². The highest BCUT2D eigenvalue weighted by molar-refractivity contribution is 6.39. The van der Waals surface area contributed by atoms with E-state index in [1.807, 2.05) is 12.1 Å². The Balaban J connectivity index is 1.56. The molecule has 0 fully saturated rings. The van der Waals surface area contributed by atoms with E-state index in [1.165, 1.54) is 24.1 Å². The molecule has 0 spiro atoms. The molecule has 3 aromatic rings. The normalized spacial score (nSPS) is 15.6. The number of carbonyl (C=O) groups is 4. The van der Waals surface area contributed by atoms with Gasteiger partial charge in [0.2, 0.25) is 0 Å². The van der Waals surface area contributed by atoms with Crippen molar-refractivity contribution in [2.45, 2.75) is 25.3 Å². The van der Waals surface area contributed by atoms with Crippen LogP contribution in [0.4, 0.5) is 5.69 Å². The molecule has 1 aliphatic heterocycles. The van der Waals surface area contributed by atoms with Crippen molar-refractivity contribution in [2.24, 2.45) is 5.92 Å². The highest BCUT2D eigenvalue weighted by atomic mass is 35.5. The highest BCUT2D eigenvalue weighted by Crippen LogP contribution is 2.31. The molecule has 1 heterocycles. The number of rotatable bonds is 8. The van der Waals surface area contributed by atoms with Crippen LogP contribution in [0.1, 0.15) is 38.3 Å². The van der Waals surface area contributed by atoms with E-state index in [4.69, 9.17) is 27.9 Å². The molecule has 37 heavy (non-hydrogen) atoms. The van der Waals surface area contributed by atoms with E-state index >= 15 is 0 Å². The number of Topliss-reactive ketones (excluding diaryl/α,β-unsaturated/α-hetero) is 1. The molecule has 190 valence electrons. The van der Waals surface area contributed by atoms with E-state index < -0.39 is 29.7 Å². The molecule has 0 saturated heterocycles. The van der Waals surface area contributed by atoms with E-state index in [0.717, 1.165) is 5.56 Å². The molecular weight excluding hydrogens is 517 g/mol. The number of aliphatic carboxylic acids is 1. The van der Waals surface area contributed by atoms with Crippen molar-refractivity contribution < 1.29 is 29.0 Å². The summed E-state index contributed by atoms with van der Waals surface area (Å²) < 4.78 is 4.95. The summed E-state index contributed by atoms with van der Waals surface area (Å²) >= 11 is 12.2. The fourth-order valence-corrected chi connectivity index (χ4v) is 5.12. The number of fused-ring (bicyclic) bond motifs is 1. The van der Waals surface area contributed by atoms with Crippen LogP contribution < -0.4 is 4.90 Å². The first-order valence-electron chi connectivity index (χ1n) is 11.5. The van der Waals surface area contributed by atoms with Gasteiger partial charge in [0.1, 0.15) is 6.04 Å². The van der Waals surface area contributed by atoms with Crippen molar-refractivity contribution in [2.75, 3.05) is 12.0 Å². The van der Waals surface area contributed by atoms with Gasteiger partial charge in [-0.05, 0) is 47.9 Å². The maximum Gasteiger partial charge on any atom is 0.329 e. The summed E-state index contributed by atoms with van der Waals surface area (Å²) in [7, 11) is 1.28. The van der Waals surface area contributed by atoms with Gasteiger partial charge in [-0.1, -0.05) is 59.6 Å². The first-order chi connectivity index (χ1) is 17.7. The Labute approximate surface area is 223 Å². The summed E-state index contributed by atoms with van der Waals surface area (Å²) in [5.74, 6) is -3.46.